The zero-order chi connectivity index (χ0) is 95.3. The summed E-state index contributed by atoms with van der Waals surface area (Å²) in [5, 5.41) is 5.85. The Bertz CT molecular complexity index is 9610. The molecule has 9 heterocycles. The second-order valence-electron chi connectivity index (χ2n) is 35.3. The third kappa shape index (κ3) is 16.5. The van der Waals surface area contributed by atoms with E-state index in [-0.39, 0.29) is 0 Å². The highest BCUT2D eigenvalue weighted by Crippen LogP contribution is 2.46. The molecule has 0 fully saturated rings. The summed E-state index contributed by atoms with van der Waals surface area (Å²) < 4.78 is 37.5. The predicted octanol–water partition coefficient (Wildman–Crippen LogP) is 34.2. The monoisotopic (exact) mass is 1850 g/mol. The zero-order valence-corrected chi connectivity index (χ0v) is 77.1. The lowest BCUT2D eigenvalue weighted by Gasteiger charge is -2.12. The molecule has 0 bridgehead atoms. The molecule has 0 spiro atoms. The number of furan rings is 3. The van der Waals surface area contributed by atoms with Crippen LogP contribution in [0.3, 0.4) is 0 Å². The van der Waals surface area contributed by atoms with Crippen molar-refractivity contribution in [1.82, 2.24) is 44.9 Å². The number of fused-ring (bicyclic) bond motifs is 12. The van der Waals surface area contributed by atoms with Crippen molar-refractivity contribution in [2.24, 2.45) is 0 Å². The number of oxazole rings is 3. The molecule has 19 aromatic carbocycles. The largest absolute Gasteiger partial charge is 0.456 e. The summed E-state index contributed by atoms with van der Waals surface area (Å²) in [6, 6.07) is 162. The van der Waals surface area contributed by atoms with Crippen molar-refractivity contribution in [3.05, 3.63) is 479 Å². The third-order valence-electron chi connectivity index (χ3n) is 26.2. The van der Waals surface area contributed by atoms with E-state index in [4.69, 9.17) is 71.4 Å². The summed E-state index contributed by atoms with van der Waals surface area (Å²) >= 11 is 0. The average molecular weight is 1850 g/mol. The first-order valence-electron chi connectivity index (χ1n) is 47.6. The molecule has 15 heteroatoms. The molecule has 28 rings (SSSR count). The van der Waals surface area contributed by atoms with Gasteiger partial charge in [0.2, 0.25) is 17.7 Å². The van der Waals surface area contributed by atoms with Crippen LogP contribution in [0, 0.1) is 0 Å². The summed E-state index contributed by atoms with van der Waals surface area (Å²) in [7, 11) is 0. The molecule has 9 aromatic heterocycles. The fourth-order valence-corrected chi connectivity index (χ4v) is 19.2. The molecule has 0 saturated heterocycles. The van der Waals surface area contributed by atoms with Crippen LogP contribution >= 0.6 is 0 Å². The summed E-state index contributed by atoms with van der Waals surface area (Å²) in [4.78, 5) is 45.1. The first-order valence-corrected chi connectivity index (χ1v) is 47.6. The Morgan fingerprint density at radius 2 is 0.361 bits per heavy atom. The SMILES string of the molecule is c1ccc(-c2ccc(-c3cc(-c4cccc5oc6ccc(-c7nc8ccccc8o7)cc6c45)nc(-c4cccc(-c5ccccc5)c4)n3)cc2)cc1.c1ccc(-c2ccc(-c3cc(-c4cccc5oc6ccc(-c7nc8ccccc8o7)cc6c45)nc(-c4ccccc4)n3)cc2)cc1.c1ccc(-c2cccc(-c3cc(-c4cccc5oc6ccc(-c7nc8ccccc8o7)cc6c45)nc(-c4ccccc4)n3)c2)cc1. The van der Waals surface area contributed by atoms with Gasteiger partial charge in [-0.2, -0.15) is 0 Å². The molecular formula is C129H79N9O6. The predicted molar refractivity (Wildman–Crippen MR) is 578 cm³/mol. The van der Waals surface area contributed by atoms with Crippen LogP contribution in [-0.4, -0.2) is 44.9 Å². The Kier molecular flexibility index (Phi) is 21.5. The minimum atomic E-state index is 0.568. The van der Waals surface area contributed by atoms with Crippen LogP contribution in [0.4, 0.5) is 0 Å². The Hall–Kier alpha value is -19.8. The van der Waals surface area contributed by atoms with Gasteiger partial charge >= 0.3 is 0 Å². The van der Waals surface area contributed by atoms with E-state index < -0.39 is 0 Å². The van der Waals surface area contributed by atoms with Crippen molar-refractivity contribution in [1.29, 1.82) is 0 Å². The van der Waals surface area contributed by atoms with Gasteiger partial charge in [0.25, 0.3) is 0 Å². The summed E-state index contributed by atoms with van der Waals surface area (Å²) in [5.41, 5.74) is 35.0. The first kappa shape index (κ1) is 84.7. The maximum Gasteiger partial charge on any atom is 0.227 e. The molecule has 0 unspecified atom stereocenters. The lowest BCUT2D eigenvalue weighted by Crippen LogP contribution is -1.96. The van der Waals surface area contributed by atoms with Gasteiger partial charge in [-0.1, -0.05) is 340 Å². The molecule has 0 saturated carbocycles. The van der Waals surface area contributed by atoms with Crippen LogP contribution in [0.15, 0.2) is 506 Å². The van der Waals surface area contributed by atoms with Crippen LogP contribution in [0.5, 0.6) is 0 Å². The average Bonchev–Trinajstić information content (AvgIpc) is 1.63. The maximum atomic E-state index is 6.42. The lowest BCUT2D eigenvalue weighted by atomic mass is 9.99. The zero-order valence-electron chi connectivity index (χ0n) is 77.1. The topological polar surface area (TPSA) is 195 Å². The Balaban J connectivity index is 0.000000110. The number of para-hydroxylation sites is 6. The molecule has 144 heavy (non-hydrogen) atoms. The van der Waals surface area contributed by atoms with Crippen molar-refractivity contribution >= 4 is 99.1 Å². The normalized spacial score (nSPS) is 11.5. The number of hydrogen-bond acceptors (Lipinski definition) is 15. The molecule has 28 aromatic rings. The molecule has 0 aliphatic heterocycles. The number of benzene rings is 19. The van der Waals surface area contributed by atoms with Crippen LogP contribution in [0.25, 0.3) is 280 Å². The minimum absolute atomic E-state index is 0.568. The van der Waals surface area contributed by atoms with Gasteiger partial charge in [0.05, 0.1) is 34.2 Å². The van der Waals surface area contributed by atoms with Gasteiger partial charge in [0.1, 0.15) is 50.0 Å². The number of nitrogens with zero attached hydrogens (tertiary/aromatic N) is 9. The molecule has 15 nitrogen and oxygen atoms in total. The van der Waals surface area contributed by atoms with Gasteiger partial charge < -0.3 is 26.5 Å². The second-order valence-corrected chi connectivity index (χ2v) is 35.3. The smallest absolute Gasteiger partial charge is 0.227 e. The van der Waals surface area contributed by atoms with Crippen LogP contribution in [0.1, 0.15) is 0 Å². The van der Waals surface area contributed by atoms with E-state index >= 15 is 0 Å². The Morgan fingerprint density at radius 1 is 0.125 bits per heavy atom. The molecular weight excluding hydrogens is 1770 g/mol. The van der Waals surface area contributed by atoms with Crippen molar-refractivity contribution in [2.75, 3.05) is 0 Å². The fraction of sp³-hybridized carbons (Fsp3) is 0. The van der Waals surface area contributed by atoms with Crippen LogP contribution < -0.4 is 0 Å². The highest BCUT2D eigenvalue weighted by atomic mass is 16.4. The van der Waals surface area contributed by atoms with E-state index in [9.17, 15) is 0 Å². The number of hydrogen-bond donors (Lipinski definition) is 0. The van der Waals surface area contributed by atoms with E-state index in [1.807, 2.05) is 231 Å². The molecule has 0 atom stereocenters. The molecule has 0 N–H and O–H groups in total. The number of aromatic nitrogens is 9. The van der Waals surface area contributed by atoms with Gasteiger partial charge in [0.15, 0.2) is 34.2 Å². The van der Waals surface area contributed by atoms with E-state index in [1.165, 1.54) is 11.1 Å². The van der Waals surface area contributed by atoms with Gasteiger partial charge in [-0.3, -0.25) is 0 Å². The van der Waals surface area contributed by atoms with Crippen molar-refractivity contribution in [2.45, 2.75) is 0 Å². The quantitative estimate of drug-likeness (QED) is 0.0885. The molecule has 0 amide bonds. The van der Waals surface area contributed by atoms with E-state index in [2.05, 4.69) is 249 Å². The van der Waals surface area contributed by atoms with Crippen molar-refractivity contribution in [3.63, 3.8) is 0 Å². The highest BCUT2D eigenvalue weighted by Gasteiger charge is 2.25. The van der Waals surface area contributed by atoms with Gasteiger partial charge in [-0.25, -0.2) is 44.9 Å². The standard InChI is InChI=1S/C47H29N3O2.2C41H25N3O2/c1-3-11-30(12-4-1)32-21-23-33(24-22-32)40-29-41(49-46(48-40)35-16-9-15-34(27-35)31-13-5-2-6-14-31)37-17-10-20-44-45(37)38-28-36(25-26-42(38)51-44)47-50-39-18-7-8-19-43(39)52-47;1-3-11-26(12-4-1)28-15-9-16-29(23-28)34-25-35(43-40(42-34)27-13-5-2-6-14-27)31-17-10-20-38-39(31)32-24-30(21-22-36(32)45-38)41-44-33-18-7-8-19-37(33)46-41;1-3-10-26(11-4-1)27-18-20-28(21-19-27)34-25-35(43-40(42-34)29-12-5-2-6-13-29)31-14-9-17-38-39(31)32-24-30(22-23-36(32)45-38)41-44-33-15-7-8-16-37(33)46-41/h1-29H;2*1-25H. The highest BCUT2D eigenvalue weighted by molar-refractivity contribution is 6.16. The van der Waals surface area contributed by atoms with Crippen molar-refractivity contribution in [3.8, 4) is 181 Å². The summed E-state index contributed by atoms with van der Waals surface area (Å²) in [6.07, 6.45) is 0. The third-order valence-corrected chi connectivity index (χ3v) is 26.2. The van der Waals surface area contributed by atoms with Crippen molar-refractivity contribution < 1.29 is 26.5 Å². The second kappa shape index (κ2) is 36.6. The maximum absolute atomic E-state index is 6.42. The number of rotatable bonds is 16. The molecule has 676 valence electrons. The van der Waals surface area contributed by atoms with E-state index in [0.717, 1.165) is 233 Å². The fourth-order valence-electron chi connectivity index (χ4n) is 19.2. The van der Waals surface area contributed by atoms with E-state index in [0.29, 0.717) is 35.1 Å². The van der Waals surface area contributed by atoms with Gasteiger partial charge in [0, 0.05) is 99.1 Å². The molecule has 0 aliphatic rings. The summed E-state index contributed by atoms with van der Waals surface area (Å²) in [5.74, 6) is 3.69. The first-order chi connectivity index (χ1) is 71.3. The Morgan fingerprint density at radius 3 is 0.701 bits per heavy atom. The Labute approximate surface area is 824 Å². The van der Waals surface area contributed by atoms with Crippen LogP contribution in [-0.2, 0) is 0 Å². The van der Waals surface area contributed by atoms with Gasteiger partial charge in [-0.05, 0) is 184 Å². The molecule has 0 radical (unpaired) electrons. The summed E-state index contributed by atoms with van der Waals surface area (Å²) in [6.45, 7) is 0. The van der Waals surface area contributed by atoms with Crippen LogP contribution in [0.2, 0.25) is 0 Å². The van der Waals surface area contributed by atoms with E-state index in [1.54, 1.807) is 0 Å². The molecule has 0 aliphatic carbocycles. The minimum Gasteiger partial charge on any atom is -0.456 e. The lowest BCUT2D eigenvalue weighted by molar-refractivity contribution is 0.619. The van der Waals surface area contributed by atoms with Gasteiger partial charge in [-0.15, -0.1) is 0 Å².